The first-order valence-corrected chi connectivity index (χ1v) is 9.00. The monoisotopic (exact) mass is 311 g/mol. The van der Waals surface area contributed by atoms with Crippen molar-refractivity contribution in [1.82, 2.24) is 0 Å². The summed E-state index contributed by atoms with van der Waals surface area (Å²) in [4.78, 5) is 12.5. The number of methoxy groups -OCH3 is 1. The first-order chi connectivity index (χ1) is 9.90. The minimum Gasteiger partial charge on any atom is -0.495 e. The second-order valence-electron chi connectivity index (χ2n) is 5.49. The fraction of sp³-hybridized carbons (Fsp3) is 0.533. The summed E-state index contributed by atoms with van der Waals surface area (Å²) in [7, 11) is -1.95. The van der Waals surface area contributed by atoms with E-state index < -0.39 is 10.0 Å². The molecule has 0 saturated heterocycles. The highest BCUT2D eigenvalue weighted by Crippen LogP contribution is 2.31. The maximum Gasteiger partial charge on any atom is 0.229 e. The highest BCUT2D eigenvalue weighted by Gasteiger charge is 2.23. The van der Waals surface area contributed by atoms with Crippen LogP contribution in [0.25, 0.3) is 0 Å². The molecule has 1 fully saturated rings. The van der Waals surface area contributed by atoms with Crippen LogP contribution in [0.2, 0.25) is 0 Å². The molecule has 0 atom stereocenters. The fourth-order valence-corrected chi connectivity index (χ4v) is 3.30. The van der Waals surface area contributed by atoms with E-state index in [2.05, 4.69) is 4.72 Å². The molecule has 1 saturated carbocycles. The Morgan fingerprint density at radius 3 is 2.48 bits per heavy atom. The molecule has 0 aromatic heterocycles. The van der Waals surface area contributed by atoms with E-state index in [-0.39, 0.29) is 11.7 Å². The molecular formula is C15H21NO4S. The molecule has 6 heteroatoms. The van der Waals surface area contributed by atoms with E-state index in [1.54, 1.807) is 18.2 Å². The average molecular weight is 311 g/mol. The lowest BCUT2D eigenvalue weighted by Gasteiger charge is -2.21. The lowest BCUT2D eigenvalue weighted by molar-refractivity contribution is 0.0889. The Labute approximate surface area is 125 Å². The molecule has 116 valence electrons. The van der Waals surface area contributed by atoms with Crippen molar-refractivity contribution in [2.24, 2.45) is 5.92 Å². The number of ether oxygens (including phenoxy) is 1. The largest absolute Gasteiger partial charge is 0.495 e. The van der Waals surface area contributed by atoms with E-state index in [0.29, 0.717) is 17.0 Å². The number of carbonyl (C=O) groups excluding carboxylic acids is 1. The van der Waals surface area contributed by atoms with Crippen LogP contribution < -0.4 is 9.46 Å². The summed E-state index contributed by atoms with van der Waals surface area (Å²) in [5, 5.41) is 0. The molecule has 21 heavy (non-hydrogen) atoms. The van der Waals surface area contributed by atoms with E-state index >= 15 is 0 Å². The van der Waals surface area contributed by atoms with Crippen LogP contribution in [0.15, 0.2) is 18.2 Å². The van der Waals surface area contributed by atoms with Gasteiger partial charge in [0.05, 0.1) is 19.1 Å². The zero-order valence-electron chi connectivity index (χ0n) is 12.4. The number of nitrogens with one attached hydrogen (secondary N) is 1. The van der Waals surface area contributed by atoms with E-state index in [4.69, 9.17) is 4.74 Å². The third kappa shape index (κ3) is 4.20. The molecule has 0 spiro atoms. The van der Waals surface area contributed by atoms with Crippen molar-refractivity contribution in [3.05, 3.63) is 23.8 Å². The van der Waals surface area contributed by atoms with Gasteiger partial charge in [-0.1, -0.05) is 19.3 Å². The van der Waals surface area contributed by atoms with Crippen LogP contribution in [-0.4, -0.2) is 27.6 Å². The van der Waals surface area contributed by atoms with Gasteiger partial charge in [0.1, 0.15) is 5.75 Å². The number of anilines is 1. The topological polar surface area (TPSA) is 72.5 Å². The highest BCUT2D eigenvalue weighted by atomic mass is 32.2. The Morgan fingerprint density at radius 2 is 1.90 bits per heavy atom. The number of hydrogen-bond acceptors (Lipinski definition) is 4. The number of rotatable bonds is 5. The van der Waals surface area contributed by atoms with E-state index in [1.165, 1.54) is 13.5 Å². The number of Topliss-reactive ketones (excluding diaryl/α,β-unsaturated/α-hetero) is 1. The molecule has 0 aliphatic heterocycles. The minimum absolute atomic E-state index is 0.0539. The Hall–Kier alpha value is -1.56. The molecule has 1 aliphatic rings. The van der Waals surface area contributed by atoms with Crippen molar-refractivity contribution < 1.29 is 17.9 Å². The van der Waals surface area contributed by atoms with Crippen LogP contribution in [0.4, 0.5) is 5.69 Å². The van der Waals surface area contributed by atoms with Crippen LogP contribution in [0.3, 0.4) is 0 Å². The van der Waals surface area contributed by atoms with Gasteiger partial charge >= 0.3 is 0 Å². The van der Waals surface area contributed by atoms with Gasteiger partial charge in [-0.05, 0) is 31.0 Å². The fourth-order valence-electron chi connectivity index (χ4n) is 2.74. The molecule has 0 heterocycles. The van der Waals surface area contributed by atoms with Gasteiger partial charge in [0.25, 0.3) is 0 Å². The number of carbonyl (C=O) groups is 1. The summed E-state index contributed by atoms with van der Waals surface area (Å²) in [6.45, 7) is 0. The van der Waals surface area contributed by atoms with Crippen LogP contribution in [0, 0.1) is 5.92 Å². The SMILES string of the molecule is COc1ccc(C(=O)C2CCCCC2)cc1NS(C)(=O)=O. The first kappa shape index (κ1) is 15.8. The zero-order valence-corrected chi connectivity index (χ0v) is 13.2. The van der Waals surface area contributed by atoms with Crippen molar-refractivity contribution in [1.29, 1.82) is 0 Å². The average Bonchev–Trinajstić information content (AvgIpc) is 2.45. The van der Waals surface area contributed by atoms with Gasteiger partial charge in [-0.3, -0.25) is 9.52 Å². The van der Waals surface area contributed by atoms with E-state index in [1.807, 2.05) is 0 Å². The Kier molecular flexibility index (Phi) is 4.88. The lowest BCUT2D eigenvalue weighted by atomic mass is 9.84. The third-order valence-electron chi connectivity index (χ3n) is 3.76. The van der Waals surface area contributed by atoms with Gasteiger partial charge in [-0.2, -0.15) is 0 Å². The van der Waals surface area contributed by atoms with Gasteiger partial charge < -0.3 is 4.74 Å². The van der Waals surface area contributed by atoms with Crippen LogP contribution in [0.1, 0.15) is 42.5 Å². The zero-order chi connectivity index (χ0) is 15.5. The van der Waals surface area contributed by atoms with Gasteiger partial charge in [0.15, 0.2) is 5.78 Å². The first-order valence-electron chi connectivity index (χ1n) is 7.11. The van der Waals surface area contributed by atoms with Crippen molar-refractivity contribution >= 4 is 21.5 Å². The molecule has 0 radical (unpaired) electrons. The summed E-state index contributed by atoms with van der Waals surface area (Å²) >= 11 is 0. The summed E-state index contributed by atoms with van der Waals surface area (Å²) in [6.07, 6.45) is 6.26. The summed E-state index contributed by atoms with van der Waals surface area (Å²) in [5.74, 6) is 0.549. The summed E-state index contributed by atoms with van der Waals surface area (Å²) < 4.78 is 30.3. The predicted octanol–water partition coefficient (Wildman–Crippen LogP) is 2.83. The highest BCUT2D eigenvalue weighted by molar-refractivity contribution is 7.92. The summed E-state index contributed by atoms with van der Waals surface area (Å²) in [5.41, 5.74) is 0.843. The minimum atomic E-state index is -3.42. The van der Waals surface area contributed by atoms with Crippen molar-refractivity contribution in [3.8, 4) is 5.75 Å². The number of sulfonamides is 1. The van der Waals surface area contributed by atoms with Crippen LogP contribution >= 0.6 is 0 Å². The Morgan fingerprint density at radius 1 is 1.24 bits per heavy atom. The van der Waals surface area contributed by atoms with Gasteiger partial charge in [-0.25, -0.2) is 8.42 Å². The van der Waals surface area contributed by atoms with Crippen LogP contribution in [0.5, 0.6) is 5.75 Å². The normalized spacial score (nSPS) is 16.5. The van der Waals surface area contributed by atoms with Crippen molar-refractivity contribution in [3.63, 3.8) is 0 Å². The number of benzene rings is 1. The Balaban J connectivity index is 2.28. The van der Waals surface area contributed by atoms with Crippen molar-refractivity contribution in [2.45, 2.75) is 32.1 Å². The van der Waals surface area contributed by atoms with Gasteiger partial charge in [0, 0.05) is 11.5 Å². The number of ketones is 1. The maximum atomic E-state index is 12.5. The molecular weight excluding hydrogens is 290 g/mol. The smallest absolute Gasteiger partial charge is 0.229 e. The molecule has 1 N–H and O–H groups in total. The van der Waals surface area contributed by atoms with Gasteiger partial charge in [-0.15, -0.1) is 0 Å². The third-order valence-corrected chi connectivity index (χ3v) is 4.35. The van der Waals surface area contributed by atoms with Crippen molar-refractivity contribution in [2.75, 3.05) is 18.1 Å². The molecule has 2 rings (SSSR count). The van der Waals surface area contributed by atoms with Gasteiger partial charge in [0.2, 0.25) is 10.0 Å². The standard InChI is InChI=1S/C15H21NO4S/c1-20-14-9-8-12(10-13(14)16-21(2,18)19)15(17)11-6-4-3-5-7-11/h8-11,16H,3-7H2,1-2H3. The maximum absolute atomic E-state index is 12.5. The lowest BCUT2D eigenvalue weighted by Crippen LogP contribution is -2.18. The molecule has 0 amide bonds. The molecule has 0 unspecified atom stereocenters. The quantitative estimate of drug-likeness (QED) is 0.849. The predicted molar refractivity (Wildman–Crippen MR) is 82.4 cm³/mol. The molecule has 0 bridgehead atoms. The second kappa shape index (κ2) is 6.47. The second-order valence-corrected chi connectivity index (χ2v) is 7.24. The Bertz CT molecular complexity index is 619. The molecule has 1 aliphatic carbocycles. The van der Waals surface area contributed by atoms with E-state index in [9.17, 15) is 13.2 Å². The molecule has 5 nitrogen and oxygen atoms in total. The number of hydrogen-bond donors (Lipinski definition) is 1. The van der Waals surface area contributed by atoms with E-state index in [0.717, 1.165) is 31.9 Å². The van der Waals surface area contributed by atoms with Crippen LogP contribution in [-0.2, 0) is 10.0 Å². The molecule has 1 aromatic carbocycles. The summed E-state index contributed by atoms with van der Waals surface area (Å²) in [6, 6.07) is 4.89. The molecule has 1 aromatic rings.